The van der Waals surface area contributed by atoms with Crippen molar-refractivity contribution in [2.45, 2.75) is 25.4 Å². The van der Waals surface area contributed by atoms with E-state index in [1.165, 1.54) is 16.0 Å². The molecule has 0 aliphatic carbocycles. The zero-order valence-corrected chi connectivity index (χ0v) is 12.0. The molecule has 1 aliphatic heterocycles. The lowest BCUT2D eigenvalue weighted by molar-refractivity contribution is -0.142. The molecular formula is C16H17NO2S. The quantitative estimate of drug-likeness (QED) is 0.936. The summed E-state index contributed by atoms with van der Waals surface area (Å²) < 4.78 is 0. The predicted octanol–water partition coefficient (Wildman–Crippen LogP) is 3.46. The lowest BCUT2D eigenvalue weighted by atomic mass is 10.1. The maximum absolute atomic E-state index is 11.2. The molecule has 0 unspecified atom stereocenters. The largest absolute Gasteiger partial charge is 0.480 e. The van der Waals surface area contributed by atoms with Crippen molar-refractivity contribution in [2.24, 2.45) is 0 Å². The second-order valence-electron chi connectivity index (χ2n) is 5.13. The second-order valence-corrected chi connectivity index (χ2v) is 6.13. The van der Waals surface area contributed by atoms with Crippen molar-refractivity contribution < 1.29 is 9.90 Å². The van der Waals surface area contributed by atoms with E-state index in [4.69, 9.17) is 0 Å². The molecule has 1 fully saturated rings. The van der Waals surface area contributed by atoms with Crippen LogP contribution in [0.4, 0.5) is 0 Å². The molecule has 0 spiro atoms. The van der Waals surface area contributed by atoms with E-state index in [-0.39, 0.29) is 6.04 Å². The van der Waals surface area contributed by atoms with E-state index in [2.05, 4.69) is 28.5 Å². The minimum Gasteiger partial charge on any atom is -0.480 e. The molecule has 0 amide bonds. The van der Waals surface area contributed by atoms with Gasteiger partial charge in [0.2, 0.25) is 0 Å². The van der Waals surface area contributed by atoms with E-state index in [0.717, 1.165) is 25.9 Å². The van der Waals surface area contributed by atoms with Crippen LogP contribution in [0.2, 0.25) is 0 Å². The zero-order valence-electron chi connectivity index (χ0n) is 11.2. The van der Waals surface area contributed by atoms with Gasteiger partial charge in [0.15, 0.2) is 0 Å². The Morgan fingerprint density at radius 2 is 2.10 bits per heavy atom. The van der Waals surface area contributed by atoms with Crippen LogP contribution in [0.15, 0.2) is 41.8 Å². The highest BCUT2D eigenvalue weighted by atomic mass is 32.1. The number of thiophene rings is 1. The van der Waals surface area contributed by atoms with Crippen LogP contribution in [-0.2, 0) is 11.3 Å². The maximum Gasteiger partial charge on any atom is 0.320 e. The Kier molecular flexibility index (Phi) is 3.85. The Bertz CT molecular complexity index is 594. The van der Waals surface area contributed by atoms with Gasteiger partial charge >= 0.3 is 5.97 Å². The molecule has 3 rings (SSSR count). The zero-order chi connectivity index (χ0) is 13.9. The number of carboxylic acid groups (broad SMARTS) is 1. The standard InChI is InChI=1S/C16H17NO2S/c18-16(19)15-7-4-8-17(15)10-14-9-13(11-20-14)12-5-2-1-3-6-12/h1-3,5-6,9,11,15H,4,7-8,10H2,(H,18,19)/t15-/m0/s1. The highest BCUT2D eigenvalue weighted by Gasteiger charge is 2.30. The van der Waals surface area contributed by atoms with Gasteiger partial charge < -0.3 is 5.11 Å². The molecule has 1 atom stereocenters. The molecule has 1 aromatic carbocycles. The highest BCUT2D eigenvalue weighted by Crippen LogP contribution is 2.28. The summed E-state index contributed by atoms with van der Waals surface area (Å²) in [5.74, 6) is -0.692. The molecular weight excluding hydrogens is 270 g/mol. The van der Waals surface area contributed by atoms with Crippen molar-refractivity contribution in [1.29, 1.82) is 0 Å². The number of aliphatic carboxylic acids is 1. The smallest absolute Gasteiger partial charge is 0.320 e. The Balaban J connectivity index is 1.73. The molecule has 1 N–H and O–H groups in total. The summed E-state index contributed by atoms with van der Waals surface area (Å²) >= 11 is 1.71. The summed E-state index contributed by atoms with van der Waals surface area (Å²) in [4.78, 5) is 14.5. The van der Waals surface area contributed by atoms with Crippen molar-refractivity contribution in [1.82, 2.24) is 4.90 Å². The third-order valence-corrected chi connectivity index (χ3v) is 4.69. The predicted molar refractivity (Wildman–Crippen MR) is 80.8 cm³/mol. The van der Waals surface area contributed by atoms with E-state index in [1.807, 2.05) is 18.2 Å². The van der Waals surface area contributed by atoms with Crippen molar-refractivity contribution in [2.75, 3.05) is 6.54 Å². The molecule has 0 saturated carbocycles. The highest BCUT2D eigenvalue weighted by molar-refractivity contribution is 7.10. The van der Waals surface area contributed by atoms with Crippen molar-refractivity contribution in [3.05, 3.63) is 46.7 Å². The second kappa shape index (κ2) is 5.77. The van der Waals surface area contributed by atoms with Crippen molar-refractivity contribution in [3.63, 3.8) is 0 Å². The summed E-state index contributed by atoms with van der Waals surface area (Å²) in [6.45, 7) is 1.63. The SMILES string of the molecule is O=C(O)[C@@H]1CCCN1Cc1cc(-c2ccccc2)cs1. The van der Waals surface area contributed by atoms with Gasteiger partial charge in [-0.15, -0.1) is 11.3 Å². The average molecular weight is 287 g/mol. The molecule has 2 aromatic rings. The number of rotatable bonds is 4. The number of nitrogens with zero attached hydrogens (tertiary/aromatic N) is 1. The van der Waals surface area contributed by atoms with Crippen LogP contribution in [-0.4, -0.2) is 28.6 Å². The molecule has 3 nitrogen and oxygen atoms in total. The third-order valence-electron chi connectivity index (χ3n) is 3.77. The molecule has 1 aliphatic rings. The van der Waals surface area contributed by atoms with Gasteiger partial charge in [0.05, 0.1) is 0 Å². The van der Waals surface area contributed by atoms with Crippen LogP contribution in [0.1, 0.15) is 17.7 Å². The van der Waals surface area contributed by atoms with Crippen LogP contribution in [0.25, 0.3) is 11.1 Å². The fourth-order valence-electron chi connectivity index (χ4n) is 2.74. The summed E-state index contributed by atoms with van der Waals surface area (Å²) in [5, 5.41) is 11.4. The first kappa shape index (κ1) is 13.3. The maximum atomic E-state index is 11.2. The molecule has 2 heterocycles. The third kappa shape index (κ3) is 2.76. The monoisotopic (exact) mass is 287 g/mol. The van der Waals surface area contributed by atoms with E-state index in [1.54, 1.807) is 11.3 Å². The van der Waals surface area contributed by atoms with Gasteiger partial charge in [0.25, 0.3) is 0 Å². The average Bonchev–Trinajstić information content (AvgIpc) is 3.09. The van der Waals surface area contributed by atoms with Gasteiger partial charge in [0.1, 0.15) is 6.04 Å². The molecule has 4 heteroatoms. The lowest BCUT2D eigenvalue weighted by Crippen LogP contribution is -2.35. The van der Waals surface area contributed by atoms with Gasteiger partial charge in [0, 0.05) is 11.4 Å². The minimum atomic E-state index is -0.692. The topological polar surface area (TPSA) is 40.5 Å². The number of carboxylic acids is 1. The minimum absolute atomic E-state index is 0.308. The normalized spacial score (nSPS) is 19.3. The number of hydrogen-bond acceptors (Lipinski definition) is 3. The fourth-order valence-corrected chi connectivity index (χ4v) is 3.66. The fraction of sp³-hybridized carbons (Fsp3) is 0.312. The van der Waals surface area contributed by atoms with Gasteiger partial charge in [-0.1, -0.05) is 30.3 Å². The first-order chi connectivity index (χ1) is 9.74. The van der Waals surface area contributed by atoms with Gasteiger partial charge in [-0.3, -0.25) is 9.69 Å². The Labute approximate surface area is 122 Å². The molecule has 0 radical (unpaired) electrons. The van der Waals surface area contributed by atoms with Crippen LogP contribution in [0.3, 0.4) is 0 Å². The van der Waals surface area contributed by atoms with Crippen LogP contribution in [0, 0.1) is 0 Å². The van der Waals surface area contributed by atoms with E-state index in [0.29, 0.717) is 0 Å². The summed E-state index contributed by atoms with van der Waals surface area (Å²) in [6, 6.07) is 12.2. The summed E-state index contributed by atoms with van der Waals surface area (Å²) in [7, 11) is 0. The summed E-state index contributed by atoms with van der Waals surface area (Å²) in [6.07, 6.45) is 1.75. The van der Waals surface area contributed by atoms with Crippen LogP contribution >= 0.6 is 11.3 Å². The van der Waals surface area contributed by atoms with Gasteiger partial charge in [-0.25, -0.2) is 0 Å². The molecule has 20 heavy (non-hydrogen) atoms. The van der Waals surface area contributed by atoms with Crippen molar-refractivity contribution in [3.8, 4) is 11.1 Å². The number of benzene rings is 1. The van der Waals surface area contributed by atoms with E-state index >= 15 is 0 Å². The first-order valence-electron chi connectivity index (χ1n) is 6.84. The lowest BCUT2D eigenvalue weighted by Gasteiger charge is -2.19. The van der Waals surface area contributed by atoms with Crippen molar-refractivity contribution >= 4 is 17.3 Å². The first-order valence-corrected chi connectivity index (χ1v) is 7.72. The van der Waals surface area contributed by atoms with Gasteiger partial charge in [-0.05, 0) is 42.0 Å². The van der Waals surface area contributed by atoms with Crippen LogP contribution in [0.5, 0.6) is 0 Å². The van der Waals surface area contributed by atoms with Crippen LogP contribution < -0.4 is 0 Å². The van der Waals surface area contributed by atoms with E-state index in [9.17, 15) is 9.90 Å². The van der Waals surface area contributed by atoms with Gasteiger partial charge in [-0.2, -0.15) is 0 Å². The Hall–Kier alpha value is -1.65. The number of carbonyl (C=O) groups is 1. The number of hydrogen-bond donors (Lipinski definition) is 1. The molecule has 1 saturated heterocycles. The molecule has 1 aromatic heterocycles. The Morgan fingerprint density at radius 1 is 1.30 bits per heavy atom. The van der Waals surface area contributed by atoms with E-state index < -0.39 is 5.97 Å². The molecule has 104 valence electrons. The summed E-state index contributed by atoms with van der Waals surface area (Å²) in [5.41, 5.74) is 2.43. The Morgan fingerprint density at radius 3 is 2.85 bits per heavy atom. The molecule has 0 bridgehead atoms. The number of likely N-dealkylation sites (tertiary alicyclic amines) is 1.